The molecular formula is C20H22N2O3S2. The standard InChI is InChI=1S/C20H22N2O3S2/c1-14-4-9-19(15(2)12-14)27(23,24)21-11-10-17-13-26-20(22-17)16-5-7-18(25-3)8-6-16/h4-9,12-13,21H,10-11H2,1-3H3. The minimum absolute atomic E-state index is 0.307. The average Bonchev–Trinajstić information content (AvgIpc) is 3.10. The van der Waals surface area contributed by atoms with E-state index < -0.39 is 10.0 Å². The summed E-state index contributed by atoms with van der Waals surface area (Å²) < 4.78 is 32.8. The van der Waals surface area contributed by atoms with Crippen molar-refractivity contribution in [3.8, 4) is 16.3 Å². The molecule has 0 aliphatic heterocycles. The zero-order valence-corrected chi connectivity index (χ0v) is 17.2. The molecule has 3 rings (SSSR count). The Balaban J connectivity index is 1.63. The summed E-state index contributed by atoms with van der Waals surface area (Å²) in [6, 6.07) is 13.1. The van der Waals surface area contributed by atoms with Crippen LogP contribution >= 0.6 is 11.3 Å². The molecule has 0 spiro atoms. The smallest absolute Gasteiger partial charge is 0.240 e. The highest BCUT2D eigenvalue weighted by Crippen LogP contribution is 2.26. The van der Waals surface area contributed by atoms with Crippen molar-refractivity contribution in [1.82, 2.24) is 9.71 Å². The summed E-state index contributed by atoms with van der Waals surface area (Å²) in [4.78, 5) is 4.92. The second-order valence-electron chi connectivity index (χ2n) is 6.29. The van der Waals surface area contributed by atoms with Crippen LogP contribution in [0, 0.1) is 13.8 Å². The van der Waals surface area contributed by atoms with Gasteiger partial charge in [0.15, 0.2) is 0 Å². The molecule has 0 aliphatic rings. The van der Waals surface area contributed by atoms with Crippen molar-refractivity contribution in [3.63, 3.8) is 0 Å². The first-order valence-corrected chi connectivity index (χ1v) is 10.9. The molecule has 1 N–H and O–H groups in total. The summed E-state index contributed by atoms with van der Waals surface area (Å²) in [7, 11) is -1.88. The van der Waals surface area contributed by atoms with Gasteiger partial charge in [0.1, 0.15) is 10.8 Å². The molecule has 1 heterocycles. The molecule has 0 atom stereocenters. The molecule has 0 unspecified atom stereocenters. The van der Waals surface area contributed by atoms with E-state index in [1.54, 1.807) is 24.5 Å². The van der Waals surface area contributed by atoms with Crippen LogP contribution in [0.15, 0.2) is 52.7 Å². The Hall–Kier alpha value is -2.22. The quantitative estimate of drug-likeness (QED) is 0.650. The molecule has 27 heavy (non-hydrogen) atoms. The summed E-state index contributed by atoms with van der Waals surface area (Å²) in [5.74, 6) is 0.802. The molecule has 5 nitrogen and oxygen atoms in total. The fourth-order valence-corrected chi connectivity index (χ4v) is 4.90. The minimum atomic E-state index is -3.52. The number of ether oxygens (including phenoxy) is 1. The van der Waals surface area contributed by atoms with Crippen LogP contribution in [0.1, 0.15) is 16.8 Å². The van der Waals surface area contributed by atoms with Gasteiger partial charge in [-0.05, 0) is 49.7 Å². The molecule has 0 amide bonds. The molecule has 0 saturated heterocycles. The Bertz CT molecular complexity index is 1030. The molecular weight excluding hydrogens is 380 g/mol. The summed E-state index contributed by atoms with van der Waals surface area (Å²) in [5, 5.41) is 2.87. The highest BCUT2D eigenvalue weighted by molar-refractivity contribution is 7.89. The van der Waals surface area contributed by atoms with Gasteiger partial charge in [0, 0.05) is 23.9 Å². The number of benzene rings is 2. The van der Waals surface area contributed by atoms with E-state index in [1.807, 2.05) is 55.6 Å². The Labute approximate surface area is 164 Å². The van der Waals surface area contributed by atoms with Crippen LogP contribution in [0.25, 0.3) is 10.6 Å². The fraction of sp³-hybridized carbons (Fsp3) is 0.250. The van der Waals surface area contributed by atoms with Crippen molar-refractivity contribution in [3.05, 3.63) is 64.7 Å². The van der Waals surface area contributed by atoms with Crippen LogP contribution in [0.4, 0.5) is 0 Å². The van der Waals surface area contributed by atoms with Gasteiger partial charge >= 0.3 is 0 Å². The lowest BCUT2D eigenvalue weighted by molar-refractivity contribution is 0.415. The molecule has 7 heteroatoms. The number of rotatable bonds is 7. The topological polar surface area (TPSA) is 68.3 Å². The van der Waals surface area contributed by atoms with Crippen molar-refractivity contribution >= 4 is 21.4 Å². The van der Waals surface area contributed by atoms with Crippen LogP contribution in [0.5, 0.6) is 5.75 Å². The number of hydrogen-bond acceptors (Lipinski definition) is 5. The van der Waals surface area contributed by atoms with Crippen LogP contribution < -0.4 is 9.46 Å². The molecule has 0 saturated carbocycles. The number of methoxy groups -OCH3 is 1. The van der Waals surface area contributed by atoms with Crippen molar-refractivity contribution in [2.45, 2.75) is 25.2 Å². The predicted molar refractivity (Wildman–Crippen MR) is 109 cm³/mol. The third kappa shape index (κ3) is 4.74. The van der Waals surface area contributed by atoms with Gasteiger partial charge in [0.05, 0.1) is 17.7 Å². The average molecular weight is 403 g/mol. The lowest BCUT2D eigenvalue weighted by atomic mass is 10.2. The number of aryl methyl sites for hydroxylation is 2. The summed E-state index contributed by atoms with van der Waals surface area (Å²) in [6.07, 6.45) is 0.538. The molecule has 0 radical (unpaired) electrons. The van der Waals surface area contributed by atoms with E-state index in [-0.39, 0.29) is 0 Å². The van der Waals surface area contributed by atoms with E-state index in [4.69, 9.17) is 4.74 Å². The van der Waals surface area contributed by atoms with Crippen molar-refractivity contribution in [1.29, 1.82) is 0 Å². The number of hydrogen-bond donors (Lipinski definition) is 1. The Morgan fingerprint density at radius 2 is 1.85 bits per heavy atom. The van der Waals surface area contributed by atoms with Gasteiger partial charge < -0.3 is 4.74 Å². The Morgan fingerprint density at radius 1 is 1.11 bits per heavy atom. The highest BCUT2D eigenvalue weighted by atomic mass is 32.2. The first kappa shape index (κ1) is 19.5. The van der Waals surface area contributed by atoms with Crippen LogP contribution in [0.3, 0.4) is 0 Å². The monoisotopic (exact) mass is 402 g/mol. The molecule has 3 aromatic rings. The highest BCUT2D eigenvalue weighted by Gasteiger charge is 2.16. The minimum Gasteiger partial charge on any atom is -0.497 e. The molecule has 1 aromatic heterocycles. The number of nitrogens with one attached hydrogen (secondary N) is 1. The van der Waals surface area contributed by atoms with E-state index in [0.29, 0.717) is 17.9 Å². The Kier molecular flexibility index (Phi) is 5.94. The van der Waals surface area contributed by atoms with Gasteiger partial charge in [0.2, 0.25) is 10.0 Å². The maximum Gasteiger partial charge on any atom is 0.240 e. The second kappa shape index (κ2) is 8.21. The van der Waals surface area contributed by atoms with Crippen molar-refractivity contribution < 1.29 is 13.2 Å². The van der Waals surface area contributed by atoms with Crippen LogP contribution in [-0.4, -0.2) is 27.1 Å². The number of thiazole rings is 1. The van der Waals surface area contributed by atoms with E-state index in [1.165, 1.54) is 0 Å². The van der Waals surface area contributed by atoms with Crippen molar-refractivity contribution in [2.24, 2.45) is 0 Å². The maximum absolute atomic E-state index is 12.5. The lowest BCUT2D eigenvalue weighted by Crippen LogP contribution is -2.26. The molecule has 0 aliphatic carbocycles. The first-order chi connectivity index (χ1) is 12.9. The fourth-order valence-electron chi connectivity index (χ4n) is 2.78. The number of nitrogens with zero attached hydrogens (tertiary/aromatic N) is 1. The lowest BCUT2D eigenvalue weighted by Gasteiger charge is -2.09. The van der Waals surface area contributed by atoms with Crippen molar-refractivity contribution in [2.75, 3.05) is 13.7 Å². The third-order valence-electron chi connectivity index (χ3n) is 4.18. The van der Waals surface area contributed by atoms with E-state index in [2.05, 4.69) is 9.71 Å². The zero-order valence-electron chi connectivity index (χ0n) is 15.5. The largest absolute Gasteiger partial charge is 0.497 e. The summed E-state index contributed by atoms with van der Waals surface area (Å²) in [6.45, 7) is 4.06. The molecule has 0 bridgehead atoms. The number of aromatic nitrogens is 1. The van der Waals surface area contributed by atoms with E-state index in [0.717, 1.165) is 33.1 Å². The van der Waals surface area contributed by atoms with Gasteiger partial charge in [0.25, 0.3) is 0 Å². The van der Waals surface area contributed by atoms with Gasteiger partial charge in [-0.1, -0.05) is 17.7 Å². The van der Waals surface area contributed by atoms with E-state index in [9.17, 15) is 8.42 Å². The van der Waals surface area contributed by atoms with Gasteiger partial charge in [-0.25, -0.2) is 18.1 Å². The van der Waals surface area contributed by atoms with Crippen LogP contribution in [0.2, 0.25) is 0 Å². The third-order valence-corrected chi connectivity index (χ3v) is 6.74. The van der Waals surface area contributed by atoms with E-state index >= 15 is 0 Å². The number of sulfonamides is 1. The summed E-state index contributed by atoms with van der Waals surface area (Å²) in [5.41, 5.74) is 3.68. The van der Waals surface area contributed by atoms with Gasteiger partial charge in [-0.2, -0.15) is 0 Å². The first-order valence-electron chi connectivity index (χ1n) is 8.55. The SMILES string of the molecule is COc1ccc(-c2nc(CCNS(=O)(=O)c3ccc(C)cc3C)cs2)cc1. The molecule has 2 aromatic carbocycles. The second-order valence-corrected chi connectivity index (χ2v) is 8.88. The Morgan fingerprint density at radius 3 is 2.52 bits per heavy atom. The van der Waals surface area contributed by atoms with Gasteiger partial charge in [-0.15, -0.1) is 11.3 Å². The summed E-state index contributed by atoms with van der Waals surface area (Å²) >= 11 is 1.55. The molecule has 142 valence electrons. The normalized spacial score (nSPS) is 11.5. The van der Waals surface area contributed by atoms with Gasteiger partial charge in [-0.3, -0.25) is 0 Å². The zero-order chi connectivity index (χ0) is 19.4. The predicted octanol–water partition coefficient (Wildman–Crippen LogP) is 3.96. The maximum atomic E-state index is 12.5. The van der Waals surface area contributed by atoms with Crippen LogP contribution in [-0.2, 0) is 16.4 Å². The molecule has 0 fully saturated rings.